The second-order valence-electron chi connectivity index (χ2n) is 5.37. The number of anilines is 1. The minimum absolute atomic E-state index is 0.0983. The van der Waals surface area contributed by atoms with Gasteiger partial charge in [0.15, 0.2) is 6.23 Å². The summed E-state index contributed by atoms with van der Waals surface area (Å²) >= 11 is 0. The molecule has 6 N–H and O–H groups in total. The van der Waals surface area contributed by atoms with E-state index >= 15 is 4.39 Å². The fourth-order valence-electron chi connectivity index (χ4n) is 2.83. The average molecular weight is 297 g/mol. The Morgan fingerprint density at radius 2 is 2.10 bits per heavy atom. The Bertz CT molecular complexity index is 599. The third-order valence-corrected chi connectivity index (χ3v) is 4.06. The smallest absolute Gasteiger partial charge is 0.257 e. The van der Waals surface area contributed by atoms with E-state index in [0.29, 0.717) is 11.3 Å². The van der Waals surface area contributed by atoms with Crippen LogP contribution in [0.1, 0.15) is 22.3 Å². The maximum absolute atomic E-state index is 15.1. The molecular weight excluding hydrogens is 281 g/mol. The van der Waals surface area contributed by atoms with Gasteiger partial charge >= 0.3 is 0 Å². The van der Waals surface area contributed by atoms with Crippen LogP contribution in [0.25, 0.3) is 0 Å². The molecule has 4 atom stereocenters. The van der Waals surface area contributed by atoms with Gasteiger partial charge in [-0.1, -0.05) is 6.07 Å². The number of benzene rings is 1. The van der Waals surface area contributed by atoms with E-state index < -0.39 is 36.7 Å². The first-order valence-electron chi connectivity index (χ1n) is 6.53. The largest absolute Gasteiger partial charge is 0.398 e. The standard InChI is InChI=1S/C13H16FN3O4/c14-13(4-9(18)10(19)16-12(13)21)17-5-7-6(11(17)20)2-1-3-8(7)15/h1-3,9-10,12,16,18-19,21H,4-5,15H2. The highest BCUT2D eigenvalue weighted by Gasteiger charge is 2.54. The molecule has 7 nitrogen and oxygen atoms in total. The summed E-state index contributed by atoms with van der Waals surface area (Å²) in [5.74, 6) is -3.13. The van der Waals surface area contributed by atoms with Crippen LogP contribution in [0.15, 0.2) is 18.2 Å². The number of hydrogen-bond acceptors (Lipinski definition) is 6. The number of nitrogen functional groups attached to an aromatic ring is 1. The van der Waals surface area contributed by atoms with Gasteiger partial charge in [0, 0.05) is 23.2 Å². The van der Waals surface area contributed by atoms with Gasteiger partial charge in [0.1, 0.15) is 6.23 Å². The topological polar surface area (TPSA) is 119 Å². The maximum Gasteiger partial charge on any atom is 0.257 e. The molecule has 4 unspecified atom stereocenters. The van der Waals surface area contributed by atoms with Gasteiger partial charge in [-0.2, -0.15) is 0 Å². The van der Waals surface area contributed by atoms with Gasteiger partial charge in [-0.15, -0.1) is 0 Å². The zero-order valence-electron chi connectivity index (χ0n) is 11.0. The molecule has 0 spiro atoms. The Kier molecular flexibility index (Phi) is 3.14. The number of rotatable bonds is 1. The number of hydrogen-bond donors (Lipinski definition) is 5. The van der Waals surface area contributed by atoms with Crippen molar-refractivity contribution in [3.8, 4) is 0 Å². The average Bonchev–Trinajstić information content (AvgIpc) is 2.77. The first kappa shape index (κ1) is 14.2. The van der Waals surface area contributed by atoms with Crippen LogP contribution in [0, 0.1) is 0 Å². The van der Waals surface area contributed by atoms with E-state index in [1.54, 1.807) is 12.1 Å². The lowest BCUT2D eigenvalue weighted by molar-refractivity contribution is -0.199. The molecule has 3 rings (SSSR count). The summed E-state index contributed by atoms with van der Waals surface area (Å²) in [4.78, 5) is 13.2. The predicted molar refractivity (Wildman–Crippen MR) is 70.3 cm³/mol. The Hall–Kier alpha value is -1.74. The lowest BCUT2D eigenvalue weighted by Gasteiger charge is -2.44. The van der Waals surface area contributed by atoms with Crippen molar-refractivity contribution in [3.63, 3.8) is 0 Å². The normalized spacial score (nSPS) is 35.9. The van der Waals surface area contributed by atoms with E-state index in [4.69, 9.17) is 5.73 Å². The summed E-state index contributed by atoms with van der Waals surface area (Å²) in [6, 6.07) is 4.73. The summed E-state index contributed by atoms with van der Waals surface area (Å²) in [5, 5.41) is 31.0. The van der Waals surface area contributed by atoms with E-state index in [1.165, 1.54) is 6.07 Å². The maximum atomic E-state index is 15.1. The van der Waals surface area contributed by atoms with E-state index in [0.717, 1.165) is 4.90 Å². The number of piperidine rings is 1. The molecule has 1 aromatic carbocycles. The van der Waals surface area contributed by atoms with Crippen molar-refractivity contribution in [2.24, 2.45) is 0 Å². The number of amides is 1. The van der Waals surface area contributed by atoms with Crippen molar-refractivity contribution < 1.29 is 24.5 Å². The van der Waals surface area contributed by atoms with Crippen molar-refractivity contribution in [2.45, 2.75) is 37.3 Å². The Morgan fingerprint density at radius 3 is 2.76 bits per heavy atom. The molecule has 1 fully saturated rings. The number of nitrogens with one attached hydrogen (secondary N) is 1. The number of alkyl halides is 1. The molecule has 0 saturated carbocycles. The van der Waals surface area contributed by atoms with Crippen molar-refractivity contribution in [2.75, 3.05) is 5.73 Å². The molecule has 0 bridgehead atoms. The molecule has 114 valence electrons. The third kappa shape index (κ3) is 1.99. The number of nitrogens with two attached hydrogens (primary N) is 1. The Balaban J connectivity index is 1.95. The highest BCUT2D eigenvalue weighted by atomic mass is 19.1. The van der Waals surface area contributed by atoms with Crippen LogP contribution in [0.2, 0.25) is 0 Å². The molecule has 0 aromatic heterocycles. The third-order valence-electron chi connectivity index (χ3n) is 4.06. The highest BCUT2D eigenvalue weighted by Crippen LogP contribution is 2.39. The van der Waals surface area contributed by atoms with Gasteiger partial charge in [0.25, 0.3) is 5.91 Å². The molecule has 2 heterocycles. The number of nitrogens with zero attached hydrogens (tertiary/aromatic N) is 1. The zero-order chi connectivity index (χ0) is 15.4. The summed E-state index contributed by atoms with van der Waals surface area (Å²) in [5.41, 5.74) is 6.92. The van der Waals surface area contributed by atoms with Crippen LogP contribution in [0.4, 0.5) is 10.1 Å². The van der Waals surface area contributed by atoms with Crippen LogP contribution in [0.3, 0.4) is 0 Å². The van der Waals surface area contributed by atoms with Gasteiger partial charge in [0.05, 0.1) is 12.6 Å². The van der Waals surface area contributed by atoms with Gasteiger partial charge in [-0.3, -0.25) is 15.0 Å². The summed E-state index contributed by atoms with van der Waals surface area (Å²) < 4.78 is 15.1. The Labute approximate surface area is 119 Å². The first-order valence-corrected chi connectivity index (χ1v) is 6.53. The molecule has 0 aliphatic carbocycles. The van der Waals surface area contributed by atoms with Gasteiger partial charge in [-0.25, -0.2) is 4.39 Å². The van der Waals surface area contributed by atoms with Crippen LogP contribution in [-0.4, -0.2) is 50.5 Å². The van der Waals surface area contributed by atoms with Gasteiger partial charge in [-0.05, 0) is 12.1 Å². The van der Waals surface area contributed by atoms with Crippen molar-refractivity contribution in [3.05, 3.63) is 29.3 Å². The molecule has 1 amide bonds. The van der Waals surface area contributed by atoms with E-state index in [-0.39, 0.29) is 12.1 Å². The molecule has 1 aromatic rings. The number of carbonyl (C=O) groups is 1. The van der Waals surface area contributed by atoms with E-state index in [2.05, 4.69) is 5.32 Å². The lowest BCUT2D eigenvalue weighted by atomic mass is 9.97. The molecule has 1 saturated heterocycles. The van der Waals surface area contributed by atoms with E-state index in [1.807, 2.05) is 0 Å². The molecule has 8 heteroatoms. The van der Waals surface area contributed by atoms with Crippen molar-refractivity contribution >= 4 is 11.6 Å². The van der Waals surface area contributed by atoms with E-state index in [9.17, 15) is 20.1 Å². The summed E-state index contributed by atoms with van der Waals surface area (Å²) in [6.07, 6.45) is -5.29. The van der Waals surface area contributed by atoms with Crippen molar-refractivity contribution in [1.82, 2.24) is 10.2 Å². The number of fused-ring (bicyclic) bond motifs is 1. The minimum atomic E-state index is -2.53. The molecule has 2 aliphatic rings. The molecular formula is C13H16FN3O4. The quantitative estimate of drug-likeness (QED) is 0.331. The van der Waals surface area contributed by atoms with Gasteiger partial charge < -0.3 is 21.1 Å². The van der Waals surface area contributed by atoms with Gasteiger partial charge in [0.2, 0.25) is 5.79 Å². The van der Waals surface area contributed by atoms with Crippen LogP contribution in [-0.2, 0) is 6.54 Å². The minimum Gasteiger partial charge on any atom is -0.398 e. The van der Waals surface area contributed by atoms with Crippen LogP contribution < -0.4 is 11.1 Å². The highest BCUT2D eigenvalue weighted by molar-refractivity contribution is 6.00. The second kappa shape index (κ2) is 4.63. The zero-order valence-corrected chi connectivity index (χ0v) is 11.0. The predicted octanol–water partition coefficient (Wildman–Crippen LogP) is -1.12. The molecule has 21 heavy (non-hydrogen) atoms. The fraction of sp³-hybridized carbons (Fsp3) is 0.462. The van der Waals surface area contributed by atoms with Crippen molar-refractivity contribution in [1.29, 1.82) is 0 Å². The second-order valence-corrected chi connectivity index (χ2v) is 5.37. The monoisotopic (exact) mass is 297 g/mol. The molecule has 0 radical (unpaired) electrons. The number of halogens is 1. The van der Waals surface area contributed by atoms with Crippen LogP contribution >= 0.6 is 0 Å². The number of carbonyl (C=O) groups excluding carboxylic acids is 1. The SMILES string of the molecule is Nc1cccc2c1CN(C1(F)CC(O)C(O)NC1O)C2=O. The molecule has 2 aliphatic heterocycles. The fourth-order valence-corrected chi connectivity index (χ4v) is 2.83. The van der Waals surface area contributed by atoms with Crippen LogP contribution in [0.5, 0.6) is 0 Å². The Morgan fingerprint density at radius 1 is 1.38 bits per heavy atom. The lowest BCUT2D eigenvalue weighted by Crippen LogP contribution is -2.68. The number of aliphatic hydroxyl groups is 3. The summed E-state index contributed by atoms with van der Waals surface area (Å²) in [7, 11) is 0. The summed E-state index contributed by atoms with van der Waals surface area (Å²) in [6.45, 7) is -0.0983. The number of aliphatic hydroxyl groups excluding tert-OH is 3. The first-order chi connectivity index (χ1) is 9.84.